The number of carbonyl (C=O) groups excluding carboxylic acids is 2. The molecule has 11 nitrogen and oxygen atoms in total. The molecule has 0 saturated carbocycles. The van der Waals surface area contributed by atoms with Crippen molar-refractivity contribution in [3.63, 3.8) is 0 Å². The van der Waals surface area contributed by atoms with Crippen LogP contribution in [0, 0.1) is 0 Å². The van der Waals surface area contributed by atoms with Gasteiger partial charge in [-0.2, -0.15) is 5.10 Å². The molecule has 41 heavy (non-hydrogen) atoms. The predicted molar refractivity (Wildman–Crippen MR) is 155 cm³/mol. The highest BCUT2D eigenvalue weighted by atomic mass is 16.6. The number of aromatic nitrogens is 4. The fourth-order valence-corrected chi connectivity index (χ4v) is 4.91. The standard InChI is InChI=1S/C30H35N7O4/c1-30(2,3)41-29(39)36-15-5-6-22(17-36)37-27-24(26(31)33-18-34-27)25(35-37)20-9-7-19(8-10-20)16-32-28(38)21-11-13-23(40-4)14-12-21/h7-14,18,22H,5-6,15-17H2,1-4H3,(H,32,38)(H2,31,33,34)/t22-/m1/s1. The number of nitrogens with two attached hydrogens (primary N) is 1. The van der Waals surface area contributed by atoms with Crippen LogP contribution < -0.4 is 15.8 Å². The van der Waals surface area contributed by atoms with Gasteiger partial charge in [0.05, 0.1) is 18.5 Å². The zero-order chi connectivity index (χ0) is 29.1. The number of hydrogen-bond acceptors (Lipinski definition) is 8. The lowest BCUT2D eigenvalue weighted by Gasteiger charge is -2.34. The van der Waals surface area contributed by atoms with Gasteiger partial charge in [-0.15, -0.1) is 0 Å². The van der Waals surface area contributed by atoms with Crippen LogP contribution in [0.3, 0.4) is 0 Å². The van der Waals surface area contributed by atoms with Crippen LogP contribution in [0.1, 0.15) is 55.6 Å². The van der Waals surface area contributed by atoms with E-state index in [-0.39, 0.29) is 18.0 Å². The second-order valence-electron chi connectivity index (χ2n) is 11.1. The van der Waals surface area contributed by atoms with E-state index < -0.39 is 5.60 Å². The quantitative estimate of drug-likeness (QED) is 0.351. The minimum atomic E-state index is -0.568. The molecule has 5 rings (SSSR count). The molecule has 0 unspecified atom stereocenters. The summed E-state index contributed by atoms with van der Waals surface area (Å²) in [5.74, 6) is 0.869. The van der Waals surface area contributed by atoms with Crippen LogP contribution in [-0.2, 0) is 11.3 Å². The molecule has 0 bridgehead atoms. The molecule has 0 spiro atoms. The molecule has 0 aliphatic carbocycles. The van der Waals surface area contributed by atoms with Gasteiger partial charge in [0.25, 0.3) is 5.91 Å². The summed E-state index contributed by atoms with van der Waals surface area (Å²) >= 11 is 0. The van der Waals surface area contributed by atoms with Gasteiger partial charge in [0.2, 0.25) is 0 Å². The van der Waals surface area contributed by atoms with Gasteiger partial charge in [-0.05, 0) is 63.4 Å². The Morgan fingerprint density at radius 3 is 2.49 bits per heavy atom. The van der Waals surface area contributed by atoms with Crippen molar-refractivity contribution in [3.05, 3.63) is 66.0 Å². The average Bonchev–Trinajstić information content (AvgIpc) is 3.36. The number of nitrogens with zero attached hydrogens (tertiary/aromatic N) is 5. The number of amides is 2. The lowest BCUT2D eigenvalue weighted by atomic mass is 10.1. The van der Waals surface area contributed by atoms with Gasteiger partial charge in [-0.1, -0.05) is 24.3 Å². The minimum absolute atomic E-state index is 0.0886. The molecule has 1 saturated heterocycles. The molecule has 2 aromatic carbocycles. The first-order valence-electron chi connectivity index (χ1n) is 13.6. The molecule has 214 valence electrons. The molecular formula is C30H35N7O4. The van der Waals surface area contributed by atoms with Crippen molar-refractivity contribution in [2.45, 2.75) is 51.8 Å². The van der Waals surface area contributed by atoms with Crippen molar-refractivity contribution in [1.82, 2.24) is 30.0 Å². The Morgan fingerprint density at radius 1 is 1.07 bits per heavy atom. The number of nitrogen functional groups attached to an aromatic ring is 1. The van der Waals surface area contributed by atoms with Gasteiger partial charge in [0.1, 0.15) is 29.2 Å². The number of ether oxygens (including phenoxy) is 2. The van der Waals surface area contributed by atoms with Crippen LogP contribution in [0.2, 0.25) is 0 Å². The first kappa shape index (κ1) is 27.9. The number of nitrogens with one attached hydrogen (secondary N) is 1. The summed E-state index contributed by atoms with van der Waals surface area (Å²) in [7, 11) is 1.59. The Hall–Kier alpha value is -4.67. The van der Waals surface area contributed by atoms with Crippen LogP contribution in [0.25, 0.3) is 22.3 Å². The summed E-state index contributed by atoms with van der Waals surface area (Å²) in [5.41, 5.74) is 9.39. The summed E-state index contributed by atoms with van der Waals surface area (Å²) in [6, 6.07) is 14.7. The monoisotopic (exact) mass is 557 g/mol. The summed E-state index contributed by atoms with van der Waals surface area (Å²) in [6.45, 7) is 7.04. The highest BCUT2D eigenvalue weighted by Crippen LogP contribution is 2.34. The van der Waals surface area contributed by atoms with E-state index in [1.807, 2.05) is 49.7 Å². The number of benzene rings is 2. The van der Waals surface area contributed by atoms with E-state index in [0.717, 1.165) is 24.0 Å². The predicted octanol–water partition coefficient (Wildman–Crippen LogP) is 4.59. The Balaban J connectivity index is 1.35. The Bertz CT molecular complexity index is 1540. The number of carbonyl (C=O) groups is 2. The lowest BCUT2D eigenvalue weighted by Crippen LogP contribution is -2.43. The van der Waals surface area contributed by atoms with Gasteiger partial charge in [0, 0.05) is 30.8 Å². The molecule has 4 aromatic rings. The third-order valence-electron chi connectivity index (χ3n) is 6.94. The molecule has 2 aromatic heterocycles. The van der Waals surface area contributed by atoms with Gasteiger partial charge in [0.15, 0.2) is 5.65 Å². The van der Waals surface area contributed by atoms with Crippen LogP contribution in [0.15, 0.2) is 54.9 Å². The minimum Gasteiger partial charge on any atom is -0.497 e. The third kappa shape index (κ3) is 6.24. The van der Waals surface area contributed by atoms with E-state index in [1.165, 1.54) is 6.33 Å². The highest BCUT2D eigenvalue weighted by Gasteiger charge is 2.31. The molecular weight excluding hydrogens is 522 g/mol. The summed E-state index contributed by atoms with van der Waals surface area (Å²) in [4.78, 5) is 35.8. The van der Waals surface area contributed by atoms with Crippen molar-refractivity contribution in [3.8, 4) is 17.0 Å². The third-order valence-corrected chi connectivity index (χ3v) is 6.94. The van der Waals surface area contributed by atoms with Crippen LogP contribution >= 0.6 is 0 Å². The SMILES string of the molecule is COc1ccc(C(=O)NCc2ccc(-c3nn([C@@H]4CCCN(C(=O)OC(C)(C)C)C4)c4ncnc(N)c34)cc2)cc1. The molecule has 0 radical (unpaired) electrons. The largest absolute Gasteiger partial charge is 0.497 e. The van der Waals surface area contributed by atoms with Crippen molar-refractivity contribution in [1.29, 1.82) is 0 Å². The second kappa shape index (κ2) is 11.4. The molecule has 1 aliphatic rings. The highest BCUT2D eigenvalue weighted by molar-refractivity contribution is 5.98. The maximum absolute atomic E-state index is 12.8. The van der Waals surface area contributed by atoms with Crippen LogP contribution in [0.5, 0.6) is 5.75 Å². The van der Waals surface area contributed by atoms with Crippen LogP contribution in [0.4, 0.5) is 10.6 Å². The molecule has 2 amide bonds. The van der Waals surface area contributed by atoms with Crippen molar-refractivity contribution < 1.29 is 19.1 Å². The fourth-order valence-electron chi connectivity index (χ4n) is 4.91. The smallest absolute Gasteiger partial charge is 0.410 e. The Morgan fingerprint density at radius 2 is 1.80 bits per heavy atom. The average molecular weight is 558 g/mol. The number of likely N-dealkylation sites (tertiary alicyclic amines) is 1. The van der Waals surface area contributed by atoms with Gasteiger partial charge >= 0.3 is 6.09 Å². The second-order valence-corrected chi connectivity index (χ2v) is 11.1. The molecule has 1 aliphatic heterocycles. The van der Waals surface area contributed by atoms with E-state index in [9.17, 15) is 9.59 Å². The van der Waals surface area contributed by atoms with Crippen molar-refractivity contribution in [2.75, 3.05) is 25.9 Å². The van der Waals surface area contributed by atoms with Gasteiger partial charge in [-0.3, -0.25) is 4.79 Å². The first-order valence-corrected chi connectivity index (χ1v) is 13.6. The normalized spacial score (nSPS) is 15.5. The maximum atomic E-state index is 12.8. The number of piperidine rings is 1. The van der Waals surface area contributed by atoms with Crippen molar-refractivity contribution >= 4 is 28.9 Å². The number of anilines is 1. The zero-order valence-electron chi connectivity index (χ0n) is 23.8. The van der Waals surface area contributed by atoms with E-state index in [4.69, 9.17) is 20.3 Å². The zero-order valence-corrected chi connectivity index (χ0v) is 23.8. The lowest BCUT2D eigenvalue weighted by molar-refractivity contribution is 0.0169. The van der Waals surface area contributed by atoms with Gasteiger partial charge < -0.3 is 25.4 Å². The Labute approximate surface area is 238 Å². The first-order chi connectivity index (χ1) is 19.6. The number of fused-ring (bicyclic) bond motifs is 1. The molecule has 1 fully saturated rings. The molecule has 3 N–H and O–H groups in total. The van der Waals surface area contributed by atoms with E-state index >= 15 is 0 Å². The maximum Gasteiger partial charge on any atom is 0.410 e. The topological polar surface area (TPSA) is 137 Å². The van der Waals surface area contributed by atoms with E-state index in [0.29, 0.717) is 53.5 Å². The van der Waals surface area contributed by atoms with E-state index in [2.05, 4.69) is 15.3 Å². The number of methoxy groups -OCH3 is 1. The molecule has 1 atom stereocenters. The van der Waals surface area contributed by atoms with Crippen molar-refractivity contribution in [2.24, 2.45) is 0 Å². The van der Waals surface area contributed by atoms with Crippen LogP contribution in [-0.4, -0.2) is 62.4 Å². The number of rotatable bonds is 6. The fraction of sp³-hybridized carbons (Fsp3) is 0.367. The summed E-state index contributed by atoms with van der Waals surface area (Å²) in [6.07, 6.45) is 2.76. The van der Waals surface area contributed by atoms with Gasteiger partial charge in [-0.25, -0.2) is 19.4 Å². The number of hydrogen-bond donors (Lipinski definition) is 2. The molecule has 11 heteroatoms. The van der Waals surface area contributed by atoms with E-state index in [1.54, 1.807) is 36.3 Å². The Kier molecular flexibility index (Phi) is 7.78. The molecule has 3 heterocycles. The summed E-state index contributed by atoms with van der Waals surface area (Å²) in [5, 5.41) is 8.56. The summed E-state index contributed by atoms with van der Waals surface area (Å²) < 4.78 is 12.6.